The molecule has 0 saturated heterocycles. The summed E-state index contributed by atoms with van der Waals surface area (Å²) in [6.45, 7) is 2.04. The van der Waals surface area contributed by atoms with Crippen LogP contribution in [-0.2, 0) is 0 Å². The summed E-state index contributed by atoms with van der Waals surface area (Å²) in [6.07, 6.45) is 4.40. The SMILES string of the molecule is CCC(N)c1ncc2cccnn12. The van der Waals surface area contributed by atoms with Gasteiger partial charge in [-0.15, -0.1) is 0 Å². The summed E-state index contributed by atoms with van der Waals surface area (Å²) in [5.41, 5.74) is 6.87. The summed E-state index contributed by atoms with van der Waals surface area (Å²) in [7, 11) is 0. The molecule has 2 heterocycles. The number of rotatable bonds is 2. The molecule has 0 amide bonds. The van der Waals surface area contributed by atoms with Gasteiger partial charge in [0.15, 0.2) is 0 Å². The second kappa shape index (κ2) is 3.14. The van der Waals surface area contributed by atoms with Gasteiger partial charge in [-0.3, -0.25) is 0 Å². The van der Waals surface area contributed by atoms with E-state index >= 15 is 0 Å². The van der Waals surface area contributed by atoms with Crippen molar-refractivity contribution in [3.05, 3.63) is 30.4 Å². The first-order chi connectivity index (χ1) is 6.33. The molecule has 0 radical (unpaired) electrons. The number of aromatic nitrogens is 3. The smallest absolute Gasteiger partial charge is 0.147 e. The van der Waals surface area contributed by atoms with Gasteiger partial charge in [0, 0.05) is 6.20 Å². The average molecular weight is 176 g/mol. The molecule has 0 aliphatic carbocycles. The summed E-state index contributed by atoms with van der Waals surface area (Å²) in [5, 5.41) is 4.18. The molecule has 0 aromatic carbocycles. The Morgan fingerprint density at radius 3 is 3.23 bits per heavy atom. The Morgan fingerprint density at radius 1 is 1.62 bits per heavy atom. The third-order valence-corrected chi connectivity index (χ3v) is 2.10. The molecule has 0 aliphatic rings. The van der Waals surface area contributed by atoms with Crippen LogP contribution in [0.1, 0.15) is 25.2 Å². The van der Waals surface area contributed by atoms with Crippen molar-refractivity contribution in [1.82, 2.24) is 14.6 Å². The lowest BCUT2D eigenvalue weighted by molar-refractivity contribution is 0.627. The van der Waals surface area contributed by atoms with Crippen molar-refractivity contribution in [2.75, 3.05) is 0 Å². The van der Waals surface area contributed by atoms with Crippen LogP contribution in [0, 0.1) is 0 Å². The zero-order valence-electron chi connectivity index (χ0n) is 7.51. The van der Waals surface area contributed by atoms with Crippen LogP contribution in [0.4, 0.5) is 0 Å². The fraction of sp³-hybridized carbons (Fsp3) is 0.333. The monoisotopic (exact) mass is 176 g/mol. The van der Waals surface area contributed by atoms with Gasteiger partial charge in [-0.1, -0.05) is 6.92 Å². The Morgan fingerprint density at radius 2 is 2.46 bits per heavy atom. The molecular weight excluding hydrogens is 164 g/mol. The van der Waals surface area contributed by atoms with E-state index in [1.54, 1.807) is 16.9 Å². The van der Waals surface area contributed by atoms with Gasteiger partial charge < -0.3 is 5.73 Å². The van der Waals surface area contributed by atoms with Gasteiger partial charge >= 0.3 is 0 Å². The average Bonchev–Trinajstić information content (AvgIpc) is 2.60. The molecule has 2 N–H and O–H groups in total. The van der Waals surface area contributed by atoms with Gasteiger partial charge in [-0.2, -0.15) is 5.10 Å². The molecule has 0 saturated carbocycles. The summed E-state index contributed by atoms with van der Waals surface area (Å²) >= 11 is 0. The Balaban J connectivity index is 2.57. The van der Waals surface area contributed by atoms with E-state index in [1.165, 1.54) is 0 Å². The van der Waals surface area contributed by atoms with Crippen molar-refractivity contribution < 1.29 is 0 Å². The Bertz CT molecular complexity index is 407. The number of nitrogens with zero attached hydrogens (tertiary/aromatic N) is 3. The van der Waals surface area contributed by atoms with E-state index in [2.05, 4.69) is 10.1 Å². The second-order valence-electron chi connectivity index (χ2n) is 2.99. The van der Waals surface area contributed by atoms with Crippen LogP contribution in [0.3, 0.4) is 0 Å². The van der Waals surface area contributed by atoms with E-state index in [9.17, 15) is 0 Å². The first-order valence-corrected chi connectivity index (χ1v) is 4.37. The standard InChI is InChI=1S/C9H12N4/c1-2-8(10)9-11-6-7-4-3-5-12-13(7)9/h3-6,8H,2,10H2,1H3. The highest BCUT2D eigenvalue weighted by atomic mass is 15.3. The van der Waals surface area contributed by atoms with Gasteiger partial charge in [0.05, 0.1) is 17.8 Å². The van der Waals surface area contributed by atoms with E-state index in [-0.39, 0.29) is 6.04 Å². The molecule has 13 heavy (non-hydrogen) atoms. The minimum absolute atomic E-state index is 0.0302. The van der Waals surface area contributed by atoms with Crippen molar-refractivity contribution in [2.24, 2.45) is 5.73 Å². The van der Waals surface area contributed by atoms with Crippen LogP contribution >= 0.6 is 0 Å². The Kier molecular flexibility index (Phi) is 1.98. The number of hydrogen-bond donors (Lipinski definition) is 1. The first-order valence-electron chi connectivity index (χ1n) is 4.37. The fourth-order valence-corrected chi connectivity index (χ4v) is 1.30. The van der Waals surface area contributed by atoms with Gasteiger partial charge in [-0.25, -0.2) is 9.50 Å². The Hall–Kier alpha value is -1.42. The van der Waals surface area contributed by atoms with Gasteiger partial charge in [0.1, 0.15) is 5.82 Å². The van der Waals surface area contributed by atoms with Crippen molar-refractivity contribution in [3.8, 4) is 0 Å². The molecule has 1 atom stereocenters. The minimum Gasteiger partial charge on any atom is -0.321 e. The molecule has 4 nitrogen and oxygen atoms in total. The maximum absolute atomic E-state index is 5.88. The molecular formula is C9H12N4. The third kappa shape index (κ3) is 1.29. The molecule has 1 unspecified atom stereocenters. The molecule has 2 aromatic rings. The highest BCUT2D eigenvalue weighted by Gasteiger charge is 2.10. The largest absolute Gasteiger partial charge is 0.321 e. The topological polar surface area (TPSA) is 56.2 Å². The lowest BCUT2D eigenvalue weighted by Crippen LogP contribution is -2.13. The normalized spacial score (nSPS) is 13.4. The lowest BCUT2D eigenvalue weighted by Gasteiger charge is -2.05. The molecule has 0 fully saturated rings. The first kappa shape index (κ1) is 8.19. The highest BCUT2D eigenvalue weighted by Crippen LogP contribution is 2.12. The molecule has 4 heteroatoms. The number of fused-ring (bicyclic) bond motifs is 1. The van der Waals surface area contributed by atoms with Crippen molar-refractivity contribution in [2.45, 2.75) is 19.4 Å². The summed E-state index contributed by atoms with van der Waals surface area (Å²) in [5.74, 6) is 0.832. The number of imidazole rings is 1. The Labute approximate surface area is 76.4 Å². The summed E-state index contributed by atoms with van der Waals surface area (Å²) in [4.78, 5) is 4.24. The minimum atomic E-state index is -0.0302. The molecule has 0 spiro atoms. The van der Waals surface area contributed by atoms with Crippen LogP contribution in [0.2, 0.25) is 0 Å². The van der Waals surface area contributed by atoms with E-state index in [0.29, 0.717) is 0 Å². The zero-order chi connectivity index (χ0) is 9.26. The van der Waals surface area contributed by atoms with E-state index in [4.69, 9.17) is 5.73 Å². The lowest BCUT2D eigenvalue weighted by atomic mass is 10.2. The molecule has 0 bridgehead atoms. The predicted molar refractivity (Wildman–Crippen MR) is 50.2 cm³/mol. The van der Waals surface area contributed by atoms with Gasteiger partial charge in [-0.05, 0) is 18.6 Å². The quantitative estimate of drug-likeness (QED) is 0.746. The van der Waals surface area contributed by atoms with E-state index in [0.717, 1.165) is 17.8 Å². The third-order valence-electron chi connectivity index (χ3n) is 2.10. The van der Waals surface area contributed by atoms with Crippen LogP contribution in [0.5, 0.6) is 0 Å². The van der Waals surface area contributed by atoms with Crippen LogP contribution in [0.15, 0.2) is 24.5 Å². The van der Waals surface area contributed by atoms with Crippen molar-refractivity contribution >= 4 is 5.52 Å². The van der Waals surface area contributed by atoms with E-state index in [1.807, 2.05) is 19.1 Å². The van der Waals surface area contributed by atoms with Crippen LogP contribution in [-0.4, -0.2) is 14.6 Å². The van der Waals surface area contributed by atoms with Crippen LogP contribution in [0.25, 0.3) is 5.52 Å². The fourth-order valence-electron chi connectivity index (χ4n) is 1.30. The number of nitrogens with two attached hydrogens (primary N) is 1. The maximum atomic E-state index is 5.88. The molecule has 2 rings (SSSR count). The molecule has 2 aromatic heterocycles. The number of hydrogen-bond acceptors (Lipinski definition) is 3. The van der Waals surface area contributed by atoms with Gasteiger partial charge in [0.2, 0.25) is 0 Å². The van der Waals surface area contributed by atoms with E-state index < -0.39 is 0 Å². The summed E-state index contributed by atoms with van der Waals surface area (Å²) < 4.78 is 1.79. The summed E-state index contributed by atoms with van der Waals surface area (Å²) in [6, 6.07) is 3.82. The molecule has 0 aliphatic heterocycles. The predicted octanol–water partition coefficient (Wildman–Crippen LogP) is 1.14. The molecule has 68 valence electrons. The second-order valence-corrected chi connectivity index (χ2v) is 2.99. The highest BCUT2D eigenvalue weighted by molar-refractivity contribution is 5.43. The van der Waals surface area contributed by atoms with Gasteiger partial charge in [0.25, 0.3) is 0 Å². The van der Waals surface area contributed by atoms with Crippen molar-refractivity contribution in [3.63, 3.8) is 0 Å². The zero-order valence-corrected chi connectivity index (χ0v) is 7.51. The van der Waals surface area contributed by atoms with Crippen molar-refractivity contribution in [1.29, 1.82) is 0 Å². The maximum Gasteiger partial charge on any atom is 0.147 e. The van der Waals surface area contributed by atoms with Crippen LogP contribution < -0.4 is 5.73 Å².